The van der Waals surface area contributed by atoms with E-state index in [1.165, 1.54) is 7.11 Å². The quantitative estimate of drug-likeness (QED) is 0.204. The first-order chi connectivity index (χ1) is 28.0. The number of aromatic hydroxyl groups is 2. The highest BCUT2D eigenvalue weighted by molar-refractivity contribution is 8.00. The Balaban J connectivity index is 1.28. The van der Waals surface area contributed by atoms with Gasteiger partial charge in [0.05, 0.1) is 26.3 Å². The van der Waals surface area contributed by atoms with E-state index >= 15 is 4.79 Å². The summed E-state index contributed by atoms with van der Waals surface area (Å²) in [6.07, 6.45) is 0.382. The van der Waals surface area contributed by atoms with E-state index in [0.717, 1.165) is 22.3 Å². The molecule has 3 aromatic carbocycles. The molecule has 59 heavy (non-hydrogen) atoms. The standard InChI is InChI=1S/C44H55N3O11S/c1-21-13-26-14-27-17-47-29(32-22(2)36(48)23(3)39-40(32)56-20-55-39)18-54-41(50)44(19-59-24(4)34(47)35(46(27)8)33(26)37(49)38(21)53-10)28-16-30(52-9)31(15-25(28)11-12-45-44)57-42(51)58-43(5,6)7/h13,15-16,24,27,29,34-35,45,48-49H,11-12,14,17-20H2,1-10H3/t24?,27?,29?,34?,35?,44-/m1/s1. The molecule has 2 fully saturated rings. The van der Waals surface area contributed by atoms with Crippen LogP contribution in [0.4, 0.5) is 4.79 Å². The summed E-state index contributed by atoms with van der Waals surface area (Å²) in [5.41, 5.74) is 4.07. The predicted molar refractivity (Wildman–Crippen MR) is 220 cm³/mol. The van der Waals surface area contributed by atoms with Crippen molar-refractivity contribution in [3.63, 3.8) is 0 Å². The first-order valence-electron chi connectivity index (χ1n) is 20.1. The molecule has 8 rings (SSSR count). The molecule has 6 atom stereocenters. The van der Waals surface area contributed by atoms with Crippen molar-refractivity contribution in [3.05, 3.63) is 62.7 Å². The second kappa shape index (κ2) is 15.2. The minimum absolute atomic E-state index is 0.00604. The fourth-order valence-corrected chi connectivity index (χ4v) is 11.4. The van der Waals surface area contributed by atoms with Gasteiger partial charge in [-0.05, 0) is 101 Å². The van der Waals surface area contributed by atoms with Crippen LogP contribution in [0.1, 0.15) is 84.3 Å². The summed E-state index contributed by atoms with van der Waals surface area (Å²) in [4.78, 5) is 32.6. The van der Waals surface area contributed by atoms with Gasteiger partial charge in [0.1, 0.15) is 18.0 Å². The maximum Gasteiger partial charge on any atom is 0.514 e. The molecule has 0 aliphatic carbocycles. The molecular formula is C44H55N3O11S. The number of fused-ring (bicyclic) bond motifs is 9. The average molecular weight is 834 g/mol. The molecule has 5 heterocycles. The number of nitrogens with one attached hydrogen (secondary N) is 1. The lowest BCUT2D eigenvalue weighted by atomic mass is 9.77. The van der Waals surface area contributed by atoms with Crippen molar-refractivity contribution >= 4 is 23.9 Å². The smallest absolute Gasteiger partial charge is 0.507 e. The molecule has 3 aromatic rings. The number of cyclic esters (lactones) is 1. The highest BCUT2D eigenvalue weighted by Gasteiger charge is 2.54. The number of rotatable bonds is 4. The fourth-order valence-electron chi connectivity index (χ4n) is 9.97. The number of aryl methyl sites for hydroxylation is 1. The maximum absolute atomic E-state index is 15.0. The molecule has 5 unspecified atom stereocenters. The number of carbonyl (C=O) groups excluding carboxylic acids is 2. The molecule has 2 bridgehead atoms. The molecule has 0 aromatic heterocycles. The zero-order valence-corrected chi connectivity index (χ0v) is 36.3. The van der Waals surface area contributed by atoms with Crippen LogP contribution >= 0.6 is 11.8 Å². The minimum Gasteiger partial charge on any atom is -0.507 e. The minimum atomic E-state index is -1.32. The van der Waals surface area contributed by atoms with Crippen LogP contribution in [-0.4, -0.2) is 109 Å². The molecule has 0 saturated carbocycles. The number of thioether (sulfide) groups is 1. The number of hydrogen-bond donors (Lipinski definition) is 3. The third-order valence-corrected chi connectivity index (χ3v) is 14.1. The van der Waals surface area contributed by atoms with Crippen molar-refractivity contribution in [2.24, 2.45) is 0 Å². The molecule has 0 radical (unpaired) electrons. The van der Waals surface area contributed by atoms with E-state index in [-0.39, 0.29) is 59.8 Å². The summed E-state index contributed by atoms with van der Waals surface area (Å²) in [7, 11) is 5.18. The molecule has 14 nitrogen and oxygen atoms in total. The number of phenols is 2. The largest absolute Gasteiger partial charge is 0.514 e. The van der Waals surface area contributed by atoms with Gasteiger partial charge in [-0.25, -0.2) is 9.59 Å². The molecular weight excluding hydrogens is 779 g/mol. The highest BCUT2D eigenvalue weighted by Crippen LogP contribution is 2.55. The normalized spacial score (nSPS) is 26.6. The van der Waals surface area contributed by atoms with E-state index in [0.29, 0.717) is 71.2 Å². The van der Waals surface area contributed by atoms with Crippen LogP contribution in [-0.2, 0) is 32.6 Å². The Morgan fingerprint density at radius 1 is 0.966 bits per heavy atom. The summed E-state index contributed by atoms with van der Waals surface area (Å²) in [6.45, 7) is 14.1. The van der Waals surface area contributed by atoms with Crippen LogP contribution in [0.15, 0.2) is 18.2 Å². The predicted octanol–water partition coefficient (Wildman–Crippen LogP) is 6.13. The van der Waals surface area contributed by atoms with Gasteiger partial charge in [-0.1, -0.05) is 13.0 Å². The number of nitrogens with zero attached hydrogens (tertiary/aromatic N) is 2. The third kappa shape index (κ3) is 6.77. The Morgan fingerprint density at radius 2 is 1.71 bits per heavy atom. The van der Waals surface area contributed by atoms with Crippen molar-refractivity contribution in [3.8, 4) is 40.2 Å². The van der Waals surface area contributed by atoms with Gasteiger partial charge in [0.15, 0.2) is 40.0 Å². The Morgan fingerprint density at radius 3 is 2.42 bits per heavy atom. The van der Waals surface area contributed by atoms with Gasteiger partial charge < -0.3 is 43.4 Å². The van der Waals surface area contributed by atoms with Gasteiger partial charge in [-0.15, -0.1) is 0 Å². The van der Waals surface area contributed by atoms with E-state index in [9.17, 15) is 15.0 Å². The third-order valence-electron chi connectivity index (χ3n) is 12.7. The van der Waals surface area contributed by atoms with Crippen LogP contribution in [0, 0.1) is 20.8 Å². The molecule has 2 saturated heterocycles. The van der Waals surface area contributed by atoms with Crippen LogP contribution in [0.3, 0.4) is 0 Å². The molecule has 5 aliphatic heterocycles. The molecule has 318 valence electrons. The first kappa shape index (κ1) is 41.2. The van der Waals surface area contributed by atoms with Gasteiger partial charge in [0.25, 0.3) is 0 Å². The number of esters is 1. The van der Waals surface area contributed by atoms with E-state index < -0.39 is 29.3 Å². The summed E-state index contributed by atoms with van der Waals surface area (Å²) >= 11 is 1.64. The molecule has 1 spiro atoms. The lowest BCUT2D eigenvalue weighted by molar-refractivity contribution is -0.155. The molecule has 5 aliphatic rings. The van der Waals surface area contributed by atoms with E-state index in [1.807, 2.05) is 13.8 Å². The second-order valence-electron chi connectivity index (χ2n) is 17.3. The van der Waals surface area contributed by atoms with E-state index in [1.54, 1.807) is 58.7 Å². The summed E-state index contributed by atoms with van der Waals surface area (Å²) in [5, 5.41) is 27.0. The number of hydrogen-bond acceptors (Lipinski definition) is 15. The number of phenolic OH excluding ortho intramolecular Hbond substituents is 2. The number of carbonyl (C=O) groups is 2. The van der Waals surface area contributed by atoms with Crippen LogP contribution in [0.5, 0.6) is 40.2 Å². The van der Waals surface area contributed by atoms with Gasteiger partial charge in [-0.2, -0.15) is 11.8 Å². The van der Waals surface area contributed by atoms with Gasteiger partial charge >= 0.3 is 12.1 Å². The molecule has 3 N–H and O–H groups in total. The van der Waals surface area contributed by atoms with Crippen molar-refractivity contribution < 1.29 is 53.0 Å². The van der Waals surface area contributed by atoms with Crippen molar-refractivity contribution in [2.75, 3.05) is 53.5 Å². The highest BCUT2D eigenvalue weighted by atomic mass is 32.2. The van der Waals surface area contributed by atoms with E-state index in [4.69, 9.17) is 33.2 Å². The SMILES string of the molecule is COc1cc2c(cc1OC(=O)OC(C)(C)C)CCN[C@]21CSC(C)C2C3c4c(cc(C)c(OC)c4O)CC(CN2C(c2c(C)c(O)c(C)c4c2OCO4)COC1=O)N3C. The van der Waals surface area contributed by atoms with Gasteiger partial charge in [0.2, 0.25) is 6.79 Å². The number of ether oxygens (including phenoxy) is 7. The zero-order chi connectivity index (χ0) is 42.3. The Labute approximate surface area is 349 Å². The molecule has 15 heteroatoms. The Bertz CT molecular complexity index is 2210. The van der Waals surface area contributed by atoms with Crippen LogP contribution in [0.25, 0.3) is 0 Å². The molecule has 0 amide bonds. The number of methoxy groups -OCH3 is 2. The van der Waals surface area contributed by atoms with Crippen molar-refractivity contribution in [1.82, 2.24) is 15.1 Å². The second-order valence-corrected chi connectivity index (χ2v) is 18.7. The summed E-state index contributed by atoms with van der Waals surface area (Å²) < 4.78 is 41.3. The van der Waals surface area contributed by atoms with Gasteiger partial charge in [-0.3, -0.25) is 15.1 Å². The Kier molecular flexibility index (Phi) is 10.6. The number of piperazine rings is 1. The lowest BCUT2D eigenvalue weighted by Crippen LogP contribution is -2.65. The first-order valence-corrected chi connectivity index (χ1v) is 21.2. The van der Waals surface area contributed by atoms with Crippen molar-refractivity contribution in [2.45, 2.75) is 102 Å². The maximum atomic E-state index is 15.0. The number of likely N-dealkylation sites (N-methyl/N-ethyl adjacent to an activating group) is 1. The topological polar surface area (TPSA) is 158 Å². The lowest BCUT2D eigenvalue weighted by Gasteiger charge is -2.58. The average Bonchev–Trinajstić information content (AvgIpc) is 3.66. The Hall–Kier alpha value is -4.57. The van der Waals surface area contributed by atoms with E-state index in [2.05, 4.69) is 35.2 Å². The number of benzene rings is 3. The summed E-state index contributed by atoms with van der Waals surface area (Å²) in [6, 6.07) is 4.58. The van der Waals surface area contributed by atoms with Crippen molar-refractivity contribution in [1.29, 1.82) is 0 Å². The zero-order valence-electron chi connectivity index (χ0n) is 35.4. The fraction of sp³-hybridized carbons (Fsp3) is 0.545. The van der Waals surface area contributed by atoms with Crippen LogP contribution in [0.2, 0.25) is 0 Å². The summed E-state index contributed by atoms with van der Waals surface area (Å²) in [5.74, 6) is 1.97. The van der Waals surface area contributed by atoms with Gasteiger partial charge in [0, 0.05) is 52.9 Å². The monoisotopic (exact) mass is 833 g/mol. The van der Waals surface area contributed by atoms with Crippen LogP contribution < -0.4 is 29.0 Å².